The van der Waals surface area contributed by atoms with Gasteiger partial charge in [-0.25, -0.2) is 0 Å². The maximum atomic E-state index is 12.7. The van der Waals surface area contributed by atoms with Gasteiger partial charge in [-0.2, -0.15) is 5.26 Å². The second-order valence-electron chi connectivity index (χ2n) is 5.44. The van der Waals surface area contributed by atoms with E-state index in [1.165, 1.54) is 0 Å². The van der Waals surface area contributed by atoms with E-state index in [0.29, 0.717) is 12.1 Å². The van der Waals surface area contributed by atoms with E-state index in [9.17, 15) is 4.79 Å². The molecule has 0 saturated carbocycles. The molecule has 1 aromatic carbocycles. The predicted molar refractivity (Wildman–Crippen MR) is 77.9 cm³/mol. The summed E-state index contributed by atoms with van der Waals surface area (Å²) >= 11 is 0. The van der Waals surface area contributed by atoms with Crippen molar-refractivity contribution < 1.29 is 4.79 Å². The topological polar surface area (TPSA) is 56.1 Å². The maximum Gasteiger partial charge on any atom is 0.242 e. The van der Waals surface area contributed by atoms with Crippen molar-refractivity contribution in [3.63, 3.8) is 0 Å². The van der Waals surface area contributed by atoms with Crippen LogP contribution in [0.5, 0.6) is 0 Å². The first-order chi connectivity index (χ1) is 9.61. The zero-order valence-electron chi connectivity index (χ0n) is 12.1. The molecule has 20 heavy (non-hydrogen) atoms. The average molecular weight is 271 g/mol. The van der Waals surface area contributed by atoms with Gasteiger partial charge in [-0.1, -0.05) is 19.1 Å². The molecule has 1 aliphatic heterocycles. The second kappa shape index (κ2) is 6.06. The highest BCUT2D eigenvalue weighted by atomic mass is 16.2. The summed E-state index contributed by atoms with van der Waals surface area (Å²) in [5.74, 6) is 0.153. The molecule has 1 unspecified atom stereocenters. The van der Waals surface area contributed by atoms with Crippen LogP contribution in [0.3, 0.4) is 0 Å². The zero-order valence-corrected chi connectivity index (χ0v) is 12.1. The average Bonchev–Trinajstić information content (AvgIpc) is 2.96. The number of carbonyl (C=O) groups excluding carboxylic acids is 1. The van der Waals surface area contributed by atoms with Crippen molar-refractivity contribution in [3.05, 3.63) is 35.4 Å². The molecule has 4 heteroatoms. The van der Waals surface area contributed by atoms with Crippen LogP contribution in [0.15, 0.2) is 24.3 Å². The monoisotopic (exact) mass is 271 g/mol. The number of hydrogen-bond acceptors (Lipinski definition) is 3. The number of rotatable bonds is 4. The fourth-order valence-corrected chi connectivity index (χ4v) is 2.89. The predicted octanol–water partition coefficient (Wildman–Crippen LogP) is 2.05. The molecular weight excluding hydrogens is 250 g/mol. The van der Waals surface area contributed by atoms with Crippen molar-refractivity contribution in [2.24, 2.45) is 0 Å². The minimum Gasteiger partial charge on any atom is -0.340 e. The molecule has 2 rings (SSSR count). The van der Waals surface area contributed by atoms with Crippen LogP contribution in [0, 0.1) is 11.3 Å². The number of nitriles is 1. The van der Waals surface area contributed by atoms with Gasteiger partial charge in [0.2, 0.25) is 5.91 Å². The summed E-state index contributed by atoms with van der Waals surface area (Å²) in [5.41, 5.74) is 1.23. The van der Waals surface area contributed by atoms with Crippen LogP contribution < -0.4 is 5.32 Å². The lowest BCUT2D eigenvalue weighted by Crippen LogP contribution is -2.53. The van der Waals surface area contributed by atoms with Gasteiger partial charge in [-0.3, -0.25) is 4.79 Å². The van der Waals surface area contributed by atoms with Crippen LogP contribution in [0.1, 0.15) is 37.3 Å². The Morgan fingerprint density at radius 3 is 2.95 bits per heavy atom. The molecule has 1 heterocycles. The fourth-order valence-electron chi connectivity index (χ4n) is 2.89. The quantitative estimate of drug-likeness (QED) is 0.912. The first kappa shape index (κ1) is 14.5. The van der Waals surface area contributed by atoms with E-state index in [0.717, 1.165) is 31.4 Å². The van der Waals surface area contributed by atoms with E-state index in [2.05, 4.69) is 18.3 Å². The van der Waals surface area contributed by atoms with Crippen LogP contribution in [0.4, 0.5) is 0 Å². The summed E-state index contributed by atoms with van der Waals surface area (Å²) in [6.07, 6.45) is 2.77. The van der Waals surface area contributed by atoms with Crippen LogP contribution >= 0.6 is 0 Å². The number of nitrogens with one attached hydrogen (secondary N) is 1. The third kappa shape index (κ3) is 2.83. The van der Waals surface area contributed by atoms with Crippen molar-refractivity contribution in [3.8, 4) is 6.07 Å². The number of hydrogen-bond donors (Lipinski definition) is 1. The Kier molecular flexibility index (Phi) is 4.41. The number of amides is 1. The fraction of sp³-hybridized carbons (Fsp3) is 0.500. The van der Waals surface area contributed by atoms with Crippen molar-refractivity contribution in [1.82, 2.24) is 10.2 Å². The molecule has 0 aromatic heterocycles. The largest absolute Gasteiger partial charge is 0.340 e. The Hall–Kier alpha value is -1.86. The van der Waals surface area contributed by atoms with Crippen LogP contribution in [0.2, 0.25) is 0 Å². The van der Waals surface area contributed by atoms with Crippen LogP contribution in [0.25, 0.3) is 0 Å². The Morgan fingerprint density at radius 2 is 2.35 bits per heavy atom. The van der Waals surface area contributed by atoms with Gasteiger partial charge in [0.05, 0.1) is 17.2 Å². The van der Waals surface area contributed by atoms with Gasteiger partial charge in [-0.05, 0) is 43.5 Å². The number of likely N-dealkylation sites (N-methyl/N-ethyl adjacent to an activating group) is 1. The summed E-state index contributed by atoms with van der Waals surface area (Å²) in [5, 5.41) is 12.3. The van der Waals surface area contributed by atoms with Crippen LogP contribution in [-0.2, 0) is 11.3 Å². The van der Waals surface area contributed by atoms with Gasteiger partial charge in [0.15, 0.2) is 0 Å². The highest BCUT2D eigenvalue weighted by Gasteiger charge is 2.40. The maximum absolute atomic E-state index is 12.7. The van der Waals surface area contributed by atoms with Crippen LogP contribution in [-0.4, -0.2) is 29.9 Å². The van der Waals surface area contributed by atoms with E-state index in [-0.39, 0.29) is 11.4 Å². The standard InChI is InChI=1S/C16H21N3O/c1-3-16(8-5-9-18-16)15(20)19(2)12-14-7-4-6-13(10-14)11-17/h4,6-7,10,18H,3,5,8-9,12H2,1-2H3. The van der Waals surface area contributed by atoms with Crippen molar-refractivity contribution in [2.45, 2.75) is 38.3 Å². The summed E-state index contributed by atoms with van der Waals surface area (Å²) < 4.78 is 0. The molecule has 1 atom stereocenters. The Morgan fingerprint density at radius 1 is 1.55 bits per heavy atom. The molecule has 4 nitrogen and oxygen atoms in total. The van der Waals surface area contributed by atoms with Gasteiger partial charge in [0.25, 0.3) is 0 Å². The molecule has 1 N–H and O–H groups in total. The number of nitrogens with zero attached hydrogens (tertiary/aromatic N) is 2. The molecule has 1 saturated heterocycles. The van der Waals surface area contributed by atoms with E-state index in [4.69, 9.17) is 5.26 Å². The van der Waals surface area contributed by atoms with Gasteiger partial charge >= 0.3 is 0 Å². The Balaban J connectivity index is 2.09. The highest BCUT2D eigenvalue weighted by molar-refractivity contribution is 5.86. The van der Waals surface area contributed by atoms with Gasteiger partial charge in [0, 0.05) is 13.6 Å². The van der Waals surface area contributed by atoms with E-state index < -0.39 is 0 Å². The Bertz CT molecular complexity index is 527. The molecule has 0 bridgehead atoms. The molecule has 1 aliphatic rings. The normalized spacial score (nSPS) is 21.4. The first-order valence-corrected chi connectivity index (χ1v) is 7.11. The molecule has 1 fully saturated rings. The van der Waals surface area contributed by atoms with Crippen molar-refractivity contribution in [2.75, 3.05) is 13.6 Å². The van der Waals surface area contributed by atoms with Gasteiger partial charge < -0.3 is 10.2 Å². The number of benzene rings is 1. The minimum absolute atomic E-state index is 0.153. The first-order valence-electron chi connectivity index (χ1n) is 7.11. The van der Waals surface area contributed by atoms with Crippen molar-refractivity contribution >= 4 is 5.91 Å². The SMILES string of the molecule is CCC1(C(=O)N(C)Cc2cccc(C#N)c2)CCCN1. The Labute approximate surface area is 120 Å². The molecule has 1 amide bonds. The summed E-state index contributed by atoms with van der Waals surface area (Å²) in [6.45, 7) is 3.51. The molecule has 1 aromatic rings. The molecule has 0 spiro atoms. The number of carbonyl (C=O) groups is 1. The minimum atomic E-state index is -0.387. The smallest absolute Gasteiger partial charge is 0.242 e. The lowest BCUT2D eigenvalue weighted by molar-refractivity contribution is -0.137. The molecule has 0 aliphatic carbocycles. The lowest BCUT2D eigenvalue weighted by Gasteiger charge is -2.32. The summed E-state index contributed by atoms with van der Waals surface area (Å²) in [7, 11) is 1.83. The van der Waals surface area contributed by atoms with E-state index in [1.807, 2.05) is 25.2 Å². The molecular formula is C16H21N3O. The third-order valence-corrected chi connectivity index (χ3v) is 4.08. The summed E-state index contributed by atoms with van der Waals surface area (Å²) in [6, 6.07) is 9.55. The second-order valence-corrected chi connectivity index (χ2v) is 5.44. The van der Waals surface area contributed by atoms with Gasteiger partial charge in [-0.15, -0.1) is 0 Å². The summed E-state index contributed by atoms with van der Waals surface area (Å²) in [4.78, 5) is 14.4. The molecule has 0 radical (unpaired) electrons. The van der Waals surface area contributed by atoms with Crippen molar-refractivity contribution in [1.29, 1.82) is 5.26 Å². The molecule has 106 valence electrons. The van der Waals surface area contributed by atoms with E-state index >= 15 is 0 Å². The third-order valence-electron chi connectivity index (χ3n) is 4.08. The van der Waals surface area contributed by atoms with E-state index in [1.54, 1.807) is 11.0 Å². The zero-order chi connectivity index (χ0) is 14.6. The lowest BCUT2D eigenvalue weighted by atomic mass is 9.92. The highest BCUT2D eigenvalue weighted by Crippen LogP contribution is 2.25. The van der Waals surface area contributed by atoms with Gasteiger partial charge in [0.1, 0.15) is 0 Å².